The van der Waals surface area contributed by atoms with Gasteiger partial charge in [0, 0.05) is 12.1 Å². The molecule has 1 heterocycles. The molecular weight excluding hydrogens is 406 g/mol. The molecule has 8 heteroatoms. The molecule has 3 rings (SSSR count). The Morgan fingerprint density at radius 1 is 1.14 bits per heavy atom. The van der Waals surface area contributed by atoms with Crippen molar-refractivity contribution in [2.24, 2.45) is 5.10 Å². The Balaban J connectivity index is 1.54. The Bertz CT molecular complexity index is 1000. The summed E-state index contributed by atoms with van der Waals surface area (Å²) < 4.78 is 1.98. The summed E-state index contributed by atoms with van der Waals surface area (Å²) in [6.07, 6.45) is 3.17. The fourth-order valence-electron chi connectivity index (χ4n) is 2.56. The van der Waals surface area contributed by atoms with E-state index in [1.807, 2.05) is 72.2 Å². The maximum Gasteiger partial charge on any atom is 0.250 e. The first-order chi connectivity index (χ1) is 14.2. The van der Waals surface area contributed by atoms with Gasteiger partial charge in [-0.25, -0.2) is 5.43 Å². The summed E-state index contributed by atoms with van der Waals surface area (Å²) in [5.41, 5.74) is 4.42. The highest BCUT2D eigenvalue weighted by atomic mass is 35.5. The lowest BCUT2D eigenvalue weighted by Crippen LogP contribution is -2.19. The molecule has 0 bridgehead atoms. The molecule has 6 nitrogen and oxygen atoms in total. The number of hydrogen-bond donors (Lipinski definition) is 1. The second-order valence-corrected chi connectivity index (χ2v) is 7.32. The van der Waals surface area contributed by atoms with Gasteiger partial charge in [-0.1, -0.05) is 84.0 Å². The Hall–Kier alpha value is -2.90. The number of carbonyl (C=O) groups excluding carboxylic acids is 1. The Labute approximate surface area is 178 Å². The van der Waals surface area contributed by atoms with Crippen molar-refractivity contribution in [2.75, 3.05) is 5.75 Å². The SMILES string of the molecule is CCn1c(SCC(=O)NN=CC(Cl)=Cc2ccccc2)nnc1-c1ccccc1. The minimum absolute atomic E-state index is 0.171. The van der Waals surface area contributed by atoms with Gasteiger partial charge in [0.2, 0.25) is 0 Å². The molecule has 0 aliphatic carbocycles. The summed E-state index contributed by atoms with van der Waals surface area (Å²) in [5.74, 6) is 0.707. The normalized spacial score (nSPS) is 11.7. The zero-order valence-electron chi connectivity index (χ0n) is 15.8. The van der Waals surface area contributed by atoms with Crippen LogP contribution in [0.5, 0.6) is 0 Å². The van der Waals surface area contributed by atoms with Crippen molar-refractivity contribution in [2.45, 2.75) is 18.6 Å². The topological polar surface area (TPSA) is 72.2 Å². The Morgan fingerprint density at radius 2 is 1.83 bits per heavy atom. The van der Waals surface area contributed by atoms with Gasteiger partial charge in [-0.15, -0.1) is 10.2 Å². The van der Waals surface area contributed by atoms with Crippen LogP contribution in [0.1, 0.15) is 12.5 Å². The first-order valence-electron chi connectivity index (χ1n) is 9.03. The van der Waals surface area contributed by atoms with Crippen LogP contribution in [0.15, 0.2) is 76.0 Å². The van der Waals surface area contributed by atoms with E-state index >= 15 is 0 Å². The molecule has 0 aliphatic rings. The molecule has 0 aliphatic heterocycles. The van der Waals surface area contributed by atoms with Crippen molar-refractivity contribution in [1.29, 1.82) is 0 Å². The standard InChI is InChI=1S/C21H20ClN5OS/c1-2-27-20(17-11-7-4-8-12-17)25-26-21(27)29-15-19(28)24-23-14-18(22)13-16-9-5-3-6-10-16/h3-14H,2,15H2,1H3,(H,24,28). The molecule has 29 heavy (non-hydrogen) atoms. The predicted molar refractivity (Wildman–Crippen MR) is 119 cm³/mol. The van der Waals surface area contributed by atoms with Crippen molar-refractivity contribution in [3.05, 3.63) is 71.3 Å². The first-order valence-corrected chi connectivity index (χ1v) is 10.4. The van der Waals surface area contributed by atoms with Crippen molar-refractivity contribution >= 4 is 41.6 Å². The van der Waals surface area contributed by atoms with Gasteiger partial charge in [-0.2, -0.15) is 5.10 Å². The van der Waals surface area contributed by atoms with Gasteiger partial charge in [0.15, 0.2) is 11.0 Å². The monoisotopic (exact) mass is 425 g/mol. The molecule has 0 radical (unpaired) electrons. The molecule has 3 aromatic rings. The lowest BCUT2D eigenvalue weighted by molar-refractivity contribution is -0.118. The van der Waals surface area contributed by atoms with Gasteiger partial charge in [0.05, 0.1) is 17.0 Å². The van der Waals surface area contributed by atoms with Crippen LogP contribution in [0, 0.1) is 0 Å². The zero-order valence-corrected chi connectivity index (χ0v) is 17.4. The number of aromatic nitrogens is 3. The largest absolute Gasteiger partial charge is 0.302 e. The van der Waals surface area contributed by atoms with Gasteiger partial charge in [0.1, 0.15) is 0 Å². The summed E-state index contributed by atoms with van der Waals surface area (Å²) in [6, 6.07) is 19.5. The zero-order chi connectivity index (χ0) is 20.5. The average Bonchev–Trinajstić information content (AvgIpc) is 3.16. The number of rotatable bonds is 8. The van der Waals surface area contributed by atoms with Crippen molar-refractivity contribution in [1.82, 2.24) is 20.2 Å². The molecule has 0 fully saturated rings. The third-order valence-electron chi connectivity index (χ3n) is 3.88. The van der Waals surface area contributed by atoms with E-state index in [-0.39, 0.29) is 11.7 Å². The van der Waals surface area contributed by atoms with E-state index in [1.165, 1.54) is 18.0 Å². The number of benzene rings is 2. The van der Waals surface area contributed by atoms with E-state index in [0.29, 0.717) is 16.7 Å². The van der Waals surface area contributed by atoms with Crippen molar-refractivity contribution in [3.8, 4) is 11.4 Å². The highest BCUT2D eigenvalue weighted by Gasteiger charge is 2.14. The second-order valence-electron chi connectivity index (χ2n) is 5.94. The highest BCUT2D eigenvalue weighted by Crippen LogP contribution is 2.23. The van der Waals surface area contributed by atoms with Crippen LogP contribution in [0.25, 0.3) is 17.5 Å². The Kier molecular flexibility index (Phi) is 7.61. The molecule has 1 aromatic heterocycles. The minimum atomic E-state index is -0.248. The summed E-state index contributed by atoms with van der Waals surface area (Å²) in [6.45, 7) is 2.73. The molecule has 0 unspecified atom stereocenters. The van der Waals surface area contributed by atoms with Gasteiger partial charge < -0.3 is 4.57 Å². The molecule has 0 atom stereocenters. The smallest absolute Gasteiger partial charge is 0.250 e. The average molecular weight is 426 g/mol. The number of thioether (sulfide) groups is 1. The molecule has 148 valence electrons. The molecule has 1 N–H and O–H groups in total. The molecule has 1 amide bonds. The maximum absolute atomic E-state index is 12.1. The van der Waals surface area contributed by atoms with E-state index in [9.17, 15) is 4.79 Å². The van der Waals surface area contributed by atoms with Crippen LogP contribution in [0.4, 0.5) is 0 Å². The minimum Gasteiger partial charge on any atom is -0.302 e. The van der Waals surface area contributed by atoms with Crippen LogP contribution in [0.3, 0.4) is 0 Å². The molecular formula is C21H20ClN5OS. The van der Waals surface area contributed by atoms with Gasteiger partial charge in [0.25, 0.3) is 5.91 Å². The molecule has 0 saturated heterocycles. The predicted octanol–water partition coefficient (Wildman–Crippen LogP) is 4.44. The van der Waals surface area contributed by atoms with Crippen LogP contribution < -0.4 is 5.43 Å². The van der Waals surface area contributed by atoms with Gasteiger partial charge in [-0.3, -0.25) is 4.79 Å². The van der Waals surface area contributed by atoms with Crippen molar-refractivity contribution in [3.63, 3.8) is 0 Å². The second kappa shape index (κ2) is 10.6. The van der Waals surface area contributed by atoms with Gasteiger partial charge in [-0.05, 0) is 18.6 Å². The Morgan fingerprint density at radius 3 is 2.52 bits per heavy atom. The summed E-state index contributed by atoms with van der Waals surface area (Å²) in [5, 5.41) is 13.5. The fraction of sp³-hybridized carbons (Fsp3) is 0.143. The number of allylic oxidation sites excluding steroid dienone is 1. The van der Waals surface area contributed by atoms with E-state index in [1.54, 1.807) is 6.08 Å². The number of hydrogen-bond acceptors (Lipinski definition) is 5. The lowest BCUT2D eigenvalue weighted by atomic mass is 10.2. The summed E-state index contributed by atoms with van der Waals surface area (Å²) in [4.78, 5) is 12.1. The molecule has 0 spiro atoms. The number of hydrazone groups is 1. The third kappa shape index (κ3) is 6.04. The molecule has 0 saturated carbocycles. The number of halogens is 1. The van der Waals surface area contributed by atoms with Crippen LogP contribution in [-0.4, -0.2) is 32.6 Å². The van der Waals surface area contributed by atoms with E-state index in [4.69, 9.17) is 11.6 Å². The molecule has 2 aromatic carbocycles. The summed E-state index contributed by atoms with van der Waals surface area (Å²) >= 11 is 7.42. The number of nitrogens with zero attached hydrogens (tertiary/aromatic N) is 4. The van der Waals surface area contributed by atoms with E-state index in [0.717, 1.165) is 17.0 Å². The number of nitrogens with one attached hydrogen (secondary N) is 1. The van der Waals surface area contributed by atoms with Gasteiger partial charge >= 0.3 is 0 Å². The van der Waals surface area contributed by atoms with Crippen LogP contribution >= 0.6 is 23.4 Å². The van der Waals surface area contributed by atoms with E-state index < -0.39 is 0 Å². The lowest BCUT2D eigenvalue weighted by Gasteiger charge is -2.06. The van der Waals surface area contributed by atoms with Crippen LogP contribution in [-0.2, 0) is 11.3 Å². The first kappa shape index (κ1) is 20.8. The van der Waals surface area contributed by atoms with E-state index in [2.05, 4.69) is 20.7 Å². The number of carbonyl (C=O) groups is 1. The third-order valence-corrected chi connectivity index (χ3v) is 5.05. The van der Waals surface area contributed by atoms with Crippen LogP contribution in [0.2, 0.25) is 0 Å². The highest BCUT2D eigenvalue weighted by molar-refractivity contribution is 7.99. The summed E-state index contributed by atoms with van der Waals surface area (Å²) in [7, 11) is 0. The fourth-order valence-corrected chi connectivity index (χ4v) is 3.52. The quantitative estimate of drug-likeness (QED) is 0.329. The number of amides is 1. The van der Waals surface area contributed by atoms with Crippen molar-refractivity contribution < 1.29 is 4.79 Å². The maximum atomic E-state index is 12.1.